The molecule has 0 saturated carbocycles. The molecule has 138 valence electrons. The Bertz CT molecular complexity index is 1110. The Hall–Kier alpha value is -3.22. The highest BCUT2D eigenvalue weighted by Gasteiger charge is 2.17. The third-order valence-corrected chi connectivity index (χ3v) is 4.66. The molecule has 3 heterocycles. The molecule has 0 aliphatic heterocycles. The monoisotopic (exact) mass is 362 g/mol. The van der Waals surface area contributed by atoms with Gasteiger partial charge in [-0.25, -0.2) is 9.97 Å². The molecule has 1 amide bonds. The fourth-order valence-corrected chi connectivity index (χ4v) is 3.43. The van der Waals surface area contributed by atoms with Crippen LogP contribution >= 0.6 is 0 Å². The second-order valence-corrected chi connectivity index (χ2v) is 6.78. The van der Waals surface area contributed by atoms with Gasteiger partial charge in [0.05, 0.1) is 27.7 Å². The minimum absolute atomic E-state index is 0.0915. The normalized spacial score (nSPS) is 11.4. The first kappa shape index (κ1) is 17.2. The van der Waals surface area contributed by atoms with Crippen molar-refractivity contribution in [2.24, 2.45) is 7.05 Å². The number of benzene rings is 1. The number of nitrogens with zero attached hydrogens (tertiary/aromatic N) is 4. The van der Waals surface area contributed by atoms with E-state index in [1.165, 1.54) is 0 Å². The number of hydrogen-bond acceptors (Lipinski definition) is 4. The van der Waals surface area contributed by atoms with Gasteiger partial charge < -0.3 is 10.3 Å². The van der Waals surface area contributed by atoms with Gasteiger partial charge >= 0.3 is 0 Å². The molecule has 0 aliphatic carbocycles. The molecule has 0 saturated heterocycles. The van der Waals surface area contributed by atoms with E-state index in [0.717, 1.165) is 52.1 Å². The Morgan fingerprint density at radius 1 is 1.22 bits per heavy atom. The topological polar surface area (TPSA) is 88.5 Å². The molecule has 7 heteroatoms. The lowest BCUT2D eigenvalue weighted by Gasteiger charge is -2.07. The number of nitrogens with one attached hydrogen (secondary N) is 2. The van der Waals surface area contributed by atoms with Gasteiger partial charge in [-0.05, 0) is 38.5 Å². The van der Waals surface area contributed by atoms with Crippen molar-refractivity contribution in [3.63, 3.8) is 0 Å². The number of fused-ring (bicyclic) bond motifs is 2. The summed E-state index contributed by atoms with van der Waals surface area (Å²) >= 11 is 0. The Morgan fingerprint density at radius 3 is 2.85 bits per heavy atom. The molecule has 1 aromatic carbocycles. The molecule has 4 aromatic rings. The van der Waals surface area contributed by atoms with Crippen LogP contribution < -0.4 is 5.32 Å². The quantitative estimate of drug-likeness (QED) is 0.534. The molecule has 2 N–H and O–H groups in total. The number of hydrogen-bond donors (Lipinski definition) is 2. The lowest BCUT2D eigenvalue weighted by Crippen LogP contribution is -2.25. The lowest BCUT2D eigenvalue weighted by molar-refractivity contribution is 0.0954. The van der Waals surface area contributed by atoms with Crippen LogP contribution in [-0.4, -0.2) is 37.2 Å². The number of carbonyl (C=O) groups is 1. The smallest absolute Gasteiger partial charge is 0.252 e. The average Bonchev–Trinajstić information content (AvgIpc) is 3.18. The zero-order valence-corrected chi connectivity index (χ0v) is 15.7. The Morgan fingerprint density at radius 2 is 2.04 bits per heavy atom. The number of para-hydroxylation sites is 2. The van der Waals surface area contributed by atoms with E-state index in [2.05, 4.69) is 25.4 Å². The van der Waals surface area contributed by atoms with Gasteiger partial charge in [-0.2, -0.15) is 5.10 Å². The first-order valence-corrected chi connectivity index (χ1v) is 9.05. The number of pyridine rings is 1. The molecular weight excluding hydrogens is 340 g/mol. The number of aromatic nitrogens is 5. The molecular formula is C20H22N6O. The number of rotatable bonds is 5. The summed E-state index contributed by atoms with van der Waals surface area (Å²) in [6.07, 6.45) is 1.59. The van der Waals surface area contributed by atoms with Crippen molar-refractivity contribution in [1.29, 1.82) is 0 Å². The van der Waals surface area contributed by atoms with Crippen LogP contribution in [0.5, 0.6) is 0 Å². The van der Waals surface area contributed by atoms with Crippen LogP contribution in [0.15, 0.2) is 30.3 Å². The van der Waals surface area contributed by atoms with E-state index in [9.17, 15) is 4.79 Å². The average molecular weight is 362 g/mol. The van der Waals surface area contributed by atoms with Gasteiger partial charge in [-0.15, -0.1) is 0 Å². The summed E-state index contributed by atoms with van der Waals surface area (Å²) in [7, 11) is 1.84. The highest BCUT2D eigenvalue weighted by Crippen LogP contribution is 2.21. The summed E-state index contributed by atoms with van der Waals surface area (Å²) < 4.78 is 1.72. The van der Waals surface area contributed by atoms with Crippen molar-refractivity contribution >= 4 is 28.0 Å². The molecule has 0 unspecified atom stereocenters. The Labute approximate surface area is 156 Å². The summed E-state index contributed by atoms with van der Waals surface area (Å²) in [6.45, 7) is 4.37. The molecule has 0 spiro atoms. The van der Waals surface area contributed by atoms with Crippen LogP contribution in [0.25, 0.3) is 22.1 Å². The number of imidazole rings is 1. The highest BCUT2D eigenvalue weighted by molar-refractivity contribution is 6.06. The number of aromatic amines is 1. The molecule has 0 fully saturated rings. The predicted octanol–water partition coefficient (Wildman–Crippen LogP) is 2.82. The van der Waals surface area contributed by atoms with Crippen molar-refractivity contribution < 1.29 is 4.79 Å². The van der Waals surface area contributed by atoms with Crippen molar-refractivity contribution in [2.45, 2.75) is 26.7 Å². The summed E-state index contributed by atoms with van der Waals surface area (Å²) in [5.41, 5.74) is 4.99. The van der Waals surface area contributed by atoms with E-state index in [1.807, 2.05) is 51.2 Å². The molecule has 3 aromatic heterocycles. The van der Waals surface area contributed by atoms with Crippen molar-refractivity contribution in [3.8, 4) is 0 Å². The highest BCUT2D eigenvalue weighted by atomic mass is 16.1. The third kappa shape index (κ3) is 3.28. The summed E-state index contributed by atoms with van der Waals surface area (Å²) in [5.74, 6) is 0.849. The standard InChI is InChI=1S/C20H22N6O/c1-12-11-14(18-13(2)25-26(3)19(18)22-12)20(27)21-10-6-9-17-23-15-7-4-5-8-16(15)24-17/h4-5,7-8,11H,6,9-10H2,1-3H3,(H,21,27)(H,23,24). The third-order valence-electron chi connectivity index (χ3n) is 4.66. The maximum absolute atomic E-state index is 12.7. The second kappa shape index (κ2) is 6.83. The van der Waals surface area contributed by atoms with E-state index >= 15 is 0 Å². The van der Waals surface area contributed by atoms with Crippen LogP contribution in [0.3, 0.4) is 0 Å². The van der Waals surface area contributed by atoms with Crippen molar-refractivity contribution in [1.82, 2.24) is 30.0 Å². The maximum Gasteiger partial charge on any atom is 0.252 e. The van der Waals surface area contributed by atoms with Crippen LogP contribution in [0, 0.1) is 13.8 Å². The number of carbonyl (C=O) groups excluding carboxylic acids is 1. The molecule has 0 radical (unpaired) electrons. The summed E-state index contributed by atoms with van der Waals surface area (Å²) in [6, 6.07) is 9.80. The number of H-pyrrole nitrogens is 1. The Kier molecular flexibility index (Phi) is 4.35. The Balaban J connectivity index is 1.43. The fraction of sp³-hybridized carbons (Fsp3) is 0.300. The summed E-state index contributed by atoms with van der Waals surface area (Å²) in [5, 5.41) is 8.22. The largest absolute Gasteiger partial charge is 0.352 e. The first-order valence-electron chi connectivity index (χ1n) is 9.05. The molecule has 7 nitrogen and oxygen atoms in total. The van der Waals surface area contributed by atoms with Gasteiger partial charge in [0.2, 0.25) is 0 Å². The van der Waals surface area contributed by atoms with Gasteiger partial charge in [0.15, 0.2) is 5.65 Å². The molecule has 0 bridgehead atoms. The van der Waals surface area contributed by atoms with E-state index in [4.69, 9.17) is 0 Å². The molecule has 0 aliphatic rings. The number of aryl methyl sites for hydroxylation is 4. The zero-order chi connectivity index (χ0) is 19.0. The SMILES string of the molecule is Cc1cc(C(=O)NCCCc2nc3ccccc3[nH]2)c2c(C)nn(C)c2n1. The van der Waals surface area contributed by atoms with E-state index in [1.54, 1.807) is 4.68 Å². The fourth-order valence-electron chi connectivity index (χ4n) is 3.43. The van der Waals surface area contributed by atoms with Gasteiger partial charge in [0.25, 0.3) is 5.91 Å². The first-order chi connectivity index (χ1) is 13.0. The second-order valence-electron chi connectivity index (χ2n) is 6.78. The number of amides is 1. The molecule has 4 rings (SSSR count). The maximum atomic E-state index is 12.7. The van der Waals surface area contributed by atoms with E-state index in [-0.39, 0.29) is 5.91 Å². The predicted molar refractivity (Wildman–Crippen MR) is 105 cm³/mol. The molecule has 27 heavy (non-hydrogen) atoms. The van der Waals surface area contributed by atoms with Gasteiger partial charge in [-0.3, -0.25) is 9.48 Å². The van der Waals surface area contributed by atoms with E-state index < -0.39 is 0 Å². The van der Waals surface area contributed by atoms with E-state index in [0.29, 0.717) is 12.1 Å². The van der Waals surface area contributed by atoms with Crippen LogP contribution in [0.4, 0.5) is 0 Å². The molecule has 0 atom stereocenters. The minimum atomic E-state index is -0.0915. The minimum Gasteiger partial charge on any atom is -0.352 e. The summed E-state index contributed by atoms with van der Waals surface area (Å²) in [4.78, 5) is 25.1. The van der Waals surface area contributed by atoms with Gasteiger partial charge in [0.1, 0.15) is 5.82 Å². The van der Waals surface area contributed by atoms with Crippen LogP contribution in [-0.2, 0) is 13.5 Å². The van der Waals surface area contributed by atoms with Crippen LogP contribution in [0.1, 0.15) is 34.0 Å². The van der Waals surface area contributed by atoms with Gasteiger partial charge in [-0.1, -0.05) is 12.1 Å². The van der Waals surface area contributed by atoms with Crippen molar-refractivity contribution in [2.75, 3.05) is 6.54 Å². The zero-order valence-electron chi connectivity index (χ0n) is 15.7. The van der Waals surface area contributed by atoms with Crippen LogP contribution in [0.2, 0.25) is 0 Å². The van der Waals surface area contributed by atoms with Crippen molar-refractivity contribution in [3.05, 3.63) is 53.1 Å². The lowest BCUT2D eigenvalue weighted by atomic mass is 10.1. The van der Waals surface area contributed by atoms with Gasteiger partial charge in [0, 0.05) is 25.7 Å².